The molecule has 2 aromatic rings. The van der Waals surface area contributed by atoms with E-state index < -0.39 is 23.9 Å². The van der Waals surface area contributed by atoms with E-state index in [0.29, 0.717) is 22.5 Å². The molecule has 1 aliphatic carbocycles. The lowest BCUT2D eigenvalue weighted by atomic mass is 9.96. The number of amides is 1. The van der Waals surface area contributed by atoms with Gasteiger partial charge < -0.3 is 14.8 Å². The standard InChI is InChI=1S/C23H28N2O5S/c1-3-17(30-22(27)15-11-13-24-14-12-15)20(26)25-21-19(23(28)29-4-2)16-9-7-5-6-8-10-18(16)31-21/h11-14,17H,3-10H2,1-2H3,(H,25,26). The van der Waals surface area contributed by atoms with Crippen LogP contribution in [0, 0.1) is 0 Å². The highest BCUT2D eigenvalue weighted by atomic mass is 32.1. The van der Waals surface area contributed by atoms with Gasteiger partial charge in [-0.25, -0.2) is 9.59 Å². The third kappa shape index (κ3) is 5.70. The molecule has 0 aromatic carbocycles. The van der Waals surface area contributed by atoms with Crippen molar-refractivity contribution >= 4 is 34.2 Å². The summed E-state index contributed by atoms with van der Waals surface area (Å²) >= 11 is 1.43. The Bertz CT molecular complexity index is 926. The number of hydrogen-bond acceptors (Lipinski definition) is 7. The van der Waals surface area contributed by atoms with Gasteiger partial charge in [0.1, 0.15) is 5.00 Å². The molecule has 166 valence electrons. The Kier molecular flexibility index (Phi) is 8.17. The Morgan fingerprint density at radius 2 is 1.77 bits per heavy atom. The molecule has 2 heterocycles. The zero-order chi connectivity index (χ0) is 22.2. The molecule has 1 aliphatic rings. The number of aryl methyl sites for hydroxylation is 1. The van der Waals surface area contributed by atoms with Crippen LogP contribution in [0.2, 0.25) is 0 Å². The second-order valence-corrected chi connectivity index (χ2v) is 8.48. The first-order chi connectivity index (χ1) is 15.0. The average molecular weight is 445 g/mol. The van der Waals surface area contributed by atoms with Gasteiger partial charge in [-0.1, -0.05) is 19.8 Å². The molecule has 1 atom stereocenters. The largest absolute Gasteiger partial charge is 0.462 e. The predicted octanol–water partition coefficient (Wildman–Crippen LogP) is 4.55. The maximum Gasteiger partial charge on any atom is 0.341 e. The van der Waals surface area contributed by atoms with Gasteiger partial charge in [0, 0.05) is 17.3 Å². The van der Waals surface area contributed by atoms with Gasteiger partial charge in [0.2, 0.25) is 0 Å². The number of pyridine rings is 1. The van der Waals surface area contributed by atoms with Gasteiger partial charge in [0.15, 0.2) is 6.10 Å². The summed E-state index contributed by atoms with van der Waals surface area (Å²) in [6.07, 6.45) is 8.35. The monoisotopic (exact) mass is 444 g/mol. The van der Waals surface area contributed by atoms with Crippen LogP contribution in [0.3, 0.4) is 0 Å². The molecular formula is C23H28N2O5S. The van der Waals surface area contributed by atoms with Crippen LogP contribution in [0.4, 0.5) is 5.00 Å². The summed E-state index contributed by atoms with van der Waals surface area (Å²) in [4.78, 5) is 43.0. The third-order valence-corrected chi connectivity index (χ3v) is 6.42. The molecule has 0 aliphatic heterocycles. The van der Waals surface area contributed by atoms with Crippen molar-refractivity contribution in [2.24, 2.45) is 0 Å². The van der Waals surface area contributed by atoms with Crippen LogP contribution in [0.15, 0.2) is 24.5 Å². The SMILES string of the molecule is CCOC(=O)c1c(NC(=O)C(CC)OC(=O)c2ccncc2)sc2c1CCCCCC2. The summed E-state index contributed by atoms with van der Waals surface area (Å²) in [6.45, 7) is 3.79. The molecule has 0 bridgehead atoms. The molecule has 2 aromatic heterocycles. The van der Waals surface area contributed by atoms with Crippen molar-refractivity contribution < 1.29 is 23.9 Å². The fourth-order valence-corrected chi connectivity index (χ4v) is 4.91. The van der Waals surface area contributed by atoms with Crippen molar-refractivity contribution in [2.45, 2.75) is 64.9 Å². The van der Waals surface area contributed by atoms with E-state index in [1.807, 2.05) is 0 Å². The zero-order valence-electron chi connectivity index (χ0n) is 17.9. The second-order valence-electron chi connectivity index (χ2n) is 7.37. The number of carbonyl (C=O) groups is 3. The number of fused-ring (bicyclic) bond motifs is 1. The molecule has 8 heteroatoms. The van der Waals surface area contributed by atoms with Gasteiger partial charge >= 0.3 is 11.9 Å². The van der Waals surface area contributed by atoms with E-state index in [9.17, 15) is 14.4 Å². The molecule has 0 spiro atoms. The van der Waals surface area contributed by atoms with E-state index in [1.54, 1.807) is 13.8 Å². The molecule has 0 fully saturated rings. The number of aromatic nitrogens is 1. The van der Waals surface area contributed by atoms with Crippen LogP contribution in [-0.4, -0.2) is 35.5 Å². The Morgan fingerprint density at radius 3 is 2.45 bits per heavy atom. The zero-order valence-corrected chi connectivity index (χ0v) is 18.8. The molecular weight excluding hydrogens is 416 g/mol. The number of esters is 2. The number of nitrogens with one attached hydrogen (secondary N) is 1. The van der Waals surface area contributed by atoms with Crippen molar-refractivity contribution in [1.82, 2.24) is 4.98 Å². The lowest BCUT2D eigenvalue weighted by molar-refractivity contribution is -0.124. The Balaban J connectivity index is 1.82. The summed E-state index contributed by atoms with van der Waals surface area (Å²) in [6, 6.07) is 3.07. The Labute approximate surface area is 186 Å². The van der Waals surface area contributed by atoms with E-state index in [1.165, 1.54) is 35.9 Å². The van der Waals surface area contributed by atoms with E-state index in [-0.39, 0.29) is 6.61 Å². The van der Waals surface area contributed by atoms with Gasteiger partial charge in [-0.2, -0.15) is 0 Å². The molecule has 0 saturated heterocycles. The van der Waals surface area contributed by atoms with Gasteiger partial charge in [-0.3, -0.25) is 9.78 Å². The van der Waals surface area contributed by atoms with Gasteiger partial charge in [-0.05, 0) is 56.7 Å². The number of nitrogens with zero attached hydrogens (tertiary/aromatic N) is 1. The lowest BCUT2D eigenvalue weighted by Gasteiger charge is -2.16. The summed E-state index contributed by atoms with van der Waals surface area (Å²) in [5, 5.41) is 3.33. The van der Waals surface area contributed by atoms with Crippen molar-refractivity contribution in [1.29, 1.82) is 0 Å². The fourth-order valence-electron chi connectivity index (χ4n) is 3.63. The van der Waals surface area contributed by atoms with Gasteiger partial charge in [0.05, 0.1) is 17.7 Å². The molecule has 7 nitrogen and oxygen atoms in total. The van der Waals surface area contributed by atoms with Gasteiger partial charge in [0.25, 0.3) is 5.91 Å². The van der Waals surface area contributed by atoms with E-state index in [0.717, 1.165) is 49.0 Å². The van der Waals surface area contributed by atoms with Crippen molar-refractivity contribution in [3.63, 3.8) is 0 Å². The predicted molar refractivity (Wildman–Crippen MR) is 119 cm³/mol. The van der Waals surface area contributed by atoms with Crippen LogP contribution in [0.1, 0.15) is 77.1 Å². The number of anilines is 1. The minimum Gasteiger partial charge on any atom is -0.462 e. The number of rotatable bonds is 7. The smallest absolute Gasteiger partial charge is 0.341 e. The maximum atomic E-state index is 12.9. The second kappa shape index (κ2) is 11.0. The molecule has 31 heavy (non-hydrogen) atoms. The van der Waals surface area contributed by atoms with E-state index in [2.05, 4.69) is 10.3 Å². The molecule has 1 N–H and O–H groups in total. The Morgan fingerprint density at radius 1 is 1.06 bits per heavy atom. The number of thiophene rings is 1. The first kappa shape index (κ1) is 22.9. The number of hydrogen-bond donors (Lipinski definition) is 1. The summed E-state index contributed by atoms with van der Waals surface area (Å²) in [7, 11) is 0. The summed E-state index contributed by atoms with van der Waals surface area (Å²) in [5.41, 5.74) is 1.76. The van der Waals surface area contributed by atoms with Crippen molar-refractivity contribution in [2.75, 3.05) is 11.9 Å². The first-order valence-electron chi connectivity index (χ1n) is 10.8. The summed E-state index contributed by atoms with van der Waals surface area (Å²) < 4.78 is 10.7. The molecule has 3 rings (SSSR count). The average Bonchev–Trinajstić information content (AvgIpc) is 3.08. The Hall–Kier alpha value is -2.74. The van der Waals surface area contributed by atoms with E-state index >= 15 is 0 Å². The van der Waals surface area contributed by atoms with Crippen molar-refractivity contribution in [3.05, 3.63) is 46.1 Å². The van der Waals surface area contributed by atoms with Gasteiger partial charge in [-0.15, -0.1) is 11.3 Å². The highest BCUT2D eigenvalue weighted by molar-refractivity contribution is 7.17. The topological polar surface area (TPSA) is 94.6 Å². The van der Waals surface area contributed by atoms with Crippen LogP contribution >= 0.6 is 11.3 Å². The third-order valence-electron chi connectivity index (χ3n) is 5.22. The van der Waals surface area contributed by atoms with Crippen LogP contribution in [0.5, 0.6) is 0 Å². The lowest BCUT2D eigenvalue weighted by Crippen LogP contribution is -2.32. The normalized spacial score (nSPS) is 14.5. The molecule has 1 amide bonds. The van der Waals surface area contributed by atoms with Crippen LogP contribution in [0.25, 0.3) is 0 Å². The van der Waals surface area contributed by atoms with E-state index in [4.69, 9.17) is 9.47 Å². The summed E-state index contributed by atoms with van der Waals surface area (Å²) in [5.74, 6) is -1.46. The molecule has 1 unspecified atom stereocenters. The fraction of sp³-hybridized carbons (Fsp3) is 0.478. The minimum absolute atomic E-state index is 0.262. The highest BCUT2D eigenvalue weighted by Gasteiger charge is 2.29. The minimum atomic E-state index is -0.972. The highest BCUT2D eigenvalue weighted by Crippen LogP contribution is 2.37. The number of ether oxygens (including phenoxy) is 2. The molecule has 0 radical (unpaired) electrons. The van der Waals surface area contributed by atoms with Crippen molar-refractivity contribution in [3.8, 4) is 0 Å². The molecule has 0 saturated carbocycles. The first-order valence-corrected chi connectivity index (χ1v) is 11.6. The van der Waals surface area contributed by atoms with Crippen LogP contribution < -0.4 is 5.32 Å². The maximum absolute atomic E-state index is 12.9. The van der Waals surface area contributed by atoms with Crippen LogP contribution in [-0.2, 0) is 27.1 Å². The number of carbonyl (C=O) groups excluding carboxylic acids is 3. The quantitative estimate of drug-likeness (QED) is 0.630.